The van der Waals surface area contributed by atoms with E-state index in [4.69, 9.17) is 4.74 Å². The summed E-state index contributed by atoms with van der Waals surface area (Å²) < 4.78 is 5.16. The maximum Gasteiger partial charge on any atom is 0.341 e. The van der Waals surface area contributed by atoms with Gasteiger partial charge in [-0.2, -0.15) is 0 Å². The minimum Gasteiger partial charge on any atom is -0.507 e. The van der Waals surface area contributed by atoms with Crippen molar-refractivity contribution in [1.82, 2.24) is 4.90 Å². The fourth-order valence-electron chi connectivity index (χ4n) is 1.74. The lowest BCUT2D eigenvalue weighted by Crippen LogP contribution is -2.27. The summed E-state index contributed by atoms with van der Waals surface area (Å²) in [4.78, 5) is 14.0. The van der Waals surface area contributed by atoms with Crippen molar-refractivity contribution in [3.8, 4) is 5.75 Å². The lowest BCUT2D eigenvalue weighted by atomic mass is 10.2. The number of likely N-dealkylation sites (N-methyl/N-ethyl adjacent to an activating group) is 1. The van der Waals surface area contributed by atoms with Gasteiger partial charge in [-0.3, -0.25) is 0 Å². The van der Waals surface area contributed by atoms with Crippen LogP contribution in [0.15, 0.2) is 18.2 Å². The smallest absolute Gasteiger partial charge is 0.341 e. The molecule has 0 aliphatic rings. The Bertz CT molecular complexity index is 417. The van der Waals surface area contributed by atoms with E-state index in [1.807, 2.05) is 0 Å². The quantitative estimate of drug-likeness (QED) is 0.738. The van der Waals surface area contributed by atoms with E-state index < -0.39 is 5.97 Å². The highest BCUT2D eigenvalue weighted by molar-refractivity contribution is 5.93. The molecule has 5 nitrogen and oxygen atoms in total. The van der Waals surface area contributed by atoms with Crippen LogP contribution in [0, 0.1) is 0 Å². The standard InChI is InChI=1S/C14H22N2O3/c1-4-16(5-2)8-9-19-14(18)12-7-6-11(15-3)10-13(12)17/h6-7,10,15,17H,4-5,8-9H2,1-3H3. The maximum absolute atomic E-state index is 11.8. The van der Waals surface area contributed by atoms with Crippen molar-refractivity contribution in [2.45, 2.75) is 13.8 Å². The van der Waals surface area contributed by atoms with E-state index in [0.29, 0.717) is 13.2 Å². The molecular weight excluding hydrogens is 244 g/mol. The van der Waals surface area contributed by atoms with Gasteiger partial charge in [0.25, 0.3) is 0 Å². The van der Waals surface area contributed by atoms with Crippen LogP contribution in [0.25, 0.3) is 0 Å². The molecule has 1 rings (SSSR count). The highest BCUT2D eigenvalue weighted by Gasteiger charge is 2.13. The number of rotatable bonds is 7. The van der Waals surface area contributed by atoms with Gasteiger partial charge in [0.15, 0.2) is 0 Å². The monoisotopic (exact) mass is 266 g/mol. The summed E-state index contributed by atoms with van der Waals surface area (Å²) in [6.45, 7) is 7.01. The molecule has 0 saturated carbocycles. The van der Waals surface area contributed by atoms with Gasteiger partial charge in [-0.15, -0.1) is 0 Å². The Morgan fingerprint density at radius 2 is 2.05 bits per heavy atom. The molecule has 0 unspecified atom stereocenters. The molecule has 106 valence electrons. The van der Waals surface area contributed by atoms with Gasteiger partial charge in [-0.1, -0.05) is 13.8 Å². The van der Waals surface area contributed by atoms with Gasteiger partial charge in [-0.25, -0.2) is 4.79 Å². The van der Waals surface area contributed by atoms with E-state index in [-0.39, 0.29) is 11.3 Å². The number of carbonyl (C=O) groups excluding carboxylic acids is 1. The van der Waals surface area contributed by atoms with Crippen LogP contribution in [0.1, 0.15) is 24.2 Å². The third-order valence-electron chi connectivity index (χ3n) is 3.04. The molecule has 0 heterocycles. The summed E-state index contributed by atoms with van der Waals surface area (Å²) in [5, 5.41) is 12.6. The van der Waals surface area contributed by atoms with Crippen molar-refractivity contribution in [3.05, 3.63) is 23.8 Å². The van der Waals surface area contributed by atoms with Crippen LogP contribution in [-0.4, -0.2) is 49.3 Å². The van der Waals surface area contributed by atoms with E-state index in [2.05, 4.69) is 24.1 Å². The molecule has 0 aliphatic heterocycles. The van der Waals surface area contributed by atoms with Gasteiger partial charge < -0.3 is 20.1 Å². The van der Waals surface area contributed by atoms with E-state index in [9.17, 15) is 9.90 Å². The molecule has 0 amide bonds. The second-order valence-electron chi connectivity index (χ2n) is 4.14. The van der Waals surface area contributed by atoms with Crippen LogP contribution in [0.2, 0.25) is 0 Å². The lowest BCUT2D eigenvalue weighted by molar-refractivity contribution is 0.0463. The number of hydrogen-bond acceptors (Lipinski definition) is 5. The molecule has 1 aromatic rings. The van der Waals surface area contributed by atoms with E-state index in [1.165, 1.54) is 6.07 Å². The Morgan fingerprint density at radius 1 is 1.37 bits per heavy atom. The third kappa shape index (κ3) is 4.44. The average molecular weight is 266 g/mol. The van der Waals surface area contributed by atoms with Crippen LogP contribution >= 0.6 is 0 Å². The average Bonchev–Trinajstić information content (AvgIpc) is 2.43. The van der Waals surface area contributed by atoms with Crippen LogP contribution in [0.5, 0.6) is 5.75 Å². The topological polar surface area (TPSA) is 61.8 Å². The van der Waals surface area contributed by atoms with Gasteiger partial charge in [0, 0.05) is 25.3 Å². The van der Waals surface area contributed by atoms with E-state index >= 15 is 0 Å². The minimum atomic E-state index is -0.493. The first-order chi connectivity index (χ1) is 9.12. The highest BCUT2D eigenvalue weighted by Crippen LogP contribution is 2.22. The summed E-state index contributed by atoms with van der Waals surface area (Å²) >= 11 is 0. The number of nitrogens with one attached hydrogen (secondary N) is 1. The molecule has 1 aromatic carbocycles. The van der Waals surface area contributed by atoms with Crippen molar-refractivity contribution in [1.29, 1.82) is 0 Å². The number of nitrogens with zero attached hydrogens (tertiary/aromatic N) is 1. The molecule has 0 aliphatic carbocycles. The third-order valence-corrected chi connectivity index (χ3v) is 3.04. The Balaban J connectivity index is 2.54. The van der Waals surface area contributed by atoms with Gasteiger partial charge in [0.05, 0.1) is 0 Å². The van der Waals surface area contributed by atoms with Crippen molar-refractivity contribution >= 4 is 11.7 Å². The Labute approximate surface area is 114 Å². The van der Waals surface area contributed by atoms with Crippen LogP contribution < -0.4 is 5.32 Å². The molecule has 2 N–H and O–H groups in total. The van der Waals surface area contributed by atoms with Gasteiger partial charge >= 0.3 is 5.97 Å². The second kappa shape index (κ2) is 7.63. The predicted octanol–water partition coefficient (Wildman–Crippen LogP) is 1.93. The molecule has 0 spiro atoms. The zero-order chi connectivity index (χ0) is 14.3. The summed E-state index contributed by atoms with van der Waals surface area (Å²) in [6.07, 6.45) is 0. The van der Waals surface area contributed by atoms with Crippen LogP contribution in [0.4, 0.5) is 5.69 Å². The van der Waals surface area contributed by atoms with Crippen LogP contribution in [0.3, 0.4) is 0 Å². The summed E-state index contributed by atoms with van der Waals surface area (Å²) in [5.41, 5.74) is 0.940. The largest absolute Gasteiger partial charge is 0.507 e. The lowest BCUT2D eigenvalue weighted by Gasteiger charge is -2.17. The van der Waals surface area contributed by atoms with Crippen molar-refractivity contribution in [2.24, 2.45) is 0 Å². The second-order valence-corrected chi connectivity index (χ2v) is 4.14. The van der Waals surface area contributed by atoms with Crippen LogP contribution in [-0.2, 0) is 4.74 Å². The number of carbonyl (C=O) groups is 1. The number of hydrogen-bond donors (Lipinski definition) is 2. The first-order valence-electron chi connectivity index (χ1n) is 6.52. The number of ether oxygens (including phenoxy) is 1. The van der Waals surface area contributed by atoms with Crippen molar-refractivity contribution in [2.75, 3.05) is 38.6 Å². The summed E-state index contributed by atoms with van der Waals surface area (Å²) in [7, 11) is 1.75. The molecule has 0 atom stereocenters. The number of phenols is 1. The fourth-order valence-corrected chi connectivity index (χ4v) is 1.74. The number of phenolic OH excluding ortho intramolecular Hbond substituents is 1. The van der Waals surface area contributed by atoms with Gasteiger partial charge in [-0.05, 0) is 25.2 Å². The maximum atomic E-state index is 11.8. The highest BCUT2D eigenvalue weighted by atomic mass is 16.5. The first-order valence-corrected chi connectivity index (χ1v) is 6.52. The van der Waals surface area contributed by atoms with Crippen molar-refractivity contribution < 1.29 is 14.6 Å². The van der Waals surface area contributed by atoms with E-state index in [0.717, 1.165) is 18.8 Å². The fraction of sp³-hybridized carbons (Fsp3) is 0.500. The normalized spacial score (nSPS) is 10.5. The summed E-state index contributed by atoms with van der Waals surface area (Å²) in [5.74, 6) is -0.563. The molecule has 0 bridgehead atoms. The Kier molecular flexibility index (Phi) is 6.15. The molecular formula is C14H22N2O3. The SMILES string of the molecule is CCN(CC)CCOC(=O)c1ccc(NC)cc1O. The number of benzene rings is 1. The molecule has 0 saturated heterocycles. The molecule has 19 heavy (non-hydrogen) atoms. The number of aromatic hydroxyl groups is 1. The van der Waals surface area contributed by atoms with Crippen molar-refractivity contribution in [3.63, 3.8) is 0 Å². The van der Waals surface area contributed by atoms with Gasteiger partial charge in [0.1, 0.15) is 17.9 Å². The number of esters is 1. The first kappa shape index (κ1) is 15.3. The molecule has 0 aromatic heterocycles. The summed E-state index contributed by atoms with van der Waals surface area (Å²) in [6, 6.07) is 4.78. The molecule has 0 fully saturated rings. The van der Waals surface area contributed by atoms with E-state index in [1.54, 1.807) is 19.2 Å². The predicted molar refractivity (Wildman–Crippen MR) is 75.7 cm³/mol. The zero-order valence-electron chi connectivity index (χ0n) is 11.8. The number of anilines is 1. The van der Waals surface area contributed by atoms with Gasteiger partial charge in [0.2, 0.25) is 0 Å². The molecule has 5 heteroatoms. The molecule has 0 radical (unpaired) electrons. The zero-order valence-corrected chi connectivity index (χ0v) is 11.8. The Morgan fingerprint density at radius 3 is 2.58 bits per heavy atom. The Hall–Kier alpha value is -1.75. The minimum absolute atomic E-state index is 0.0697.